The minimum Gasteiger partial charge on any atom is -0.326 e. The van der Waals surface area contributed by atoms with Gasteiger partial charge in [0.15, 0.2) is 5.82 Å². The quantitative estimate of drug-likeness (QED) is 0.731. The van der Waals surface area contributed by atoms with E-state index < -0.39 is 0 Å². The van der Waals surface area contributed by atoms with Crippen LogP contribution in [0.4, 0.5) is 0 Å². The summed E-state index contributed by atoms with van der Waals surface area (Å²) in [5, 5.41) is 10.3. The number of aromatic nitrogens is 3. The predicted molar refractivity (Wildman–Crippen MR) is 64.2 cm³/mol. The molecule has 0 saturated heterocycles. The molecule has 16 heavy (non-hydrogen) atoms. The molecular formula is C11H10N4S. The van der Waals surface area contributed by atoms with Gasteiger partial charge in [0.1, 0.15) is 0 Å². The maximum Gasteiger partial charge on any atom is 0.216 e. The van der Waals surface area contributed by atoms with Gasteiger partial charge in [-0.05, 0) is 5.56 Å². The van der Waals surface area contributed by atoms with Crippen LogP contribution >= 0.6 is 11.3 Å². The fourth-order valence-electron chi connectivity index (χ4n) is 1.63. The molecule has 0 spiro atoms. The number of thiazole rings is 1. The molecule has 0 aliphatic carbocycles. The minimum absolute atomic E-state index is 0.563. The van der Waals surface area contributed by atoms with Gasteiger partial charge in [-0.1, -0.05) is 24.3 Å². The van der Waals surface area contributed by atoms with Crippen LogP contribution in [0.2, 0.25) is 0 Å². The highest BCUT2D eigenvalue weighted by Gasteiger charge is 2.07. The molecule has 0 unspecified atom stereocenters. The van der Waals surface area contributed by atoms with Gasteiger partial charge in [0.2, 0.25) is 4.96 Å². The van der Waals surface area contributed by atoms with Crippen molar-refractivity contribution >= 4 is 16.3 Å². The van der Waals surface area contributed by atoms with Crippen LogP contribution in [0.3, 0.4) is 0 Å². The number of nitrogens with two attached hydrogens (primary N) is 1. The number of benzene rings is 1. The Kier molecular flexibility index (Phi) is 2.19. The lowest BCUT2D eigenvalue weighted by atomic mass is 10.1. The second-order valence-electron chi connectivity index (χ2n) is 3.48. The molecule has 0 atom stereocenters. The molecule has 0 fully saturated rings. The Morgan fingerprint density at radius 3 is 2.75 bits per heavy atom. The molecule has 0 aliphatic heterocycles. The van der Waals surface area contributed by atoms with Crippen LogP contribution in [0.25, 0.3) is 16.3 Å². The Balaban J connectivity index is 2.12. The molecule has 0 aliphatic rings. The molecule has 0 amide bonds. The third kappa shape index (κ3) is 1.41. The smallest absolute Gasteiger partial charge is 0.216 e. The molecule has 2 N–H and O–H groups in total. The van der Waals surface area contributed by atoms with Crippen molar-refractivity contribution in [2.24, 2.45) is 5.73 Å². The largest absolute Gasteiger partial charge is 0.326 e. The Morgan fingerprint density at radius 2 is 2.00 bits per heavy atom. The molecule has 0 bridgehead atoms. The van der Waals surface area contributed by atoms with Crippen LogP contribution in [0.1, 0.15) is 5.56 Å². The van der Waals surface area contributed by atoms with E-state index in [9.17, 15) is 0 Å². The molecule has 5 heteroatoms. The molecule has 0 radical (unpaired) electrons. The Morgan fingerprint density at radius 1 is 1.19 bits per heavy atom. The van der Waals surface area contributed by atoms with Crippen molar-refractivity contribution in [2.45, 2.75) is 6.54 Å². The highest BCUT2D eigenvalue weighted by atomic mass is 32.1. The van der Waals surface area contributed by atoms with Crippen LogP contribution in [-0.2, 0) is 6.54 Å². The molecule has 2 aromatic heterocycles. The molecule has 3 rings (SSSR count). The maximum atomic E-state index is 5.56. The minimum atomic E-state index is 0.563. The summed E-state index contributed by atoms with van der Waals surface area (Å²) in [6, 6.07) is 8.08. The van der Waals surface area contributed by atoms with Crippen molar-refractivity contribution in [3.05, 3.63) is 41.4 Å². The van der Waals surface area contributed by atoms with Crippen LogP contribution in [0.15, 0.2) is 35.8 Å². The standard InChI is InChI=1S/C11H10N4S/c12-7-8-1-3-9(4-2-8)10-13-14-11-15(10)5-6-16-11/h1-6H,7,12H2. The van der Waals surface area contributed by atoms with E-state index in [-0.39, 0.29) is 0 Å². The normalized spacial score (nSPS) is 11.1. The summed E-state index contributed by atoms with van der Waals surface area (Å²) in [6.07, 6.45) is 1.98. The second kappa shape index (κ2) is 3.70. The lowest BCUT2D eigenvalue weighted by Gasteiger charge is -1.99. The molecule has 0 saturated carbocycles. The van der Waals surface area contributed by atoms with Gasteiger partial charge in [0.25, 0.3) is 0 Å². The molecule has 2 heterocycles. The number of rotatable bonds is 2. The molecular weight excluding hydrogens is 220 g/mol. The Labute approximate surface area is 96.4 Å². The fraction of sp³-hybridized carbons (Fsp3) is 0.0909. The molecule has 80 valence electrons. The summed E-state index contributed by atoms with van der Waals surface area (Å²) in [7, 11) is 0. The van der Waals surface area contributed by atoms with E-state index in [2.05, 4.69) is 10.2 Å². The van der Waals surface area contributed by atoms with Crippen LogP contribution in [0.5, 0.6) is 0 Å². The van der Waals surface area contributed by atoms with Crippen LogP contribution in [0, 0.1) is 0 Å². The summed E-state index contributed by atoms with van der Waals surface area (Å²) in [4.78, 5) is 0.915. The van der Waals surface area contributed by atoms with Crippen molar-refractivity contribution in [3.63, 3.8) is 0 Å². The highest BCUT2D eigenvalue weighted by Crippen LogP contribution is 2.20. The Hall–Kier alpha value is -1.72. The van der Waals surface area contributed by atoms with Crippen LogP contribution in [-0.4, -0.2) is 14.6 Å². The van der Waals surface area contributed by atoms with Crippen molar-refractivity contribution in [1.82, 2.24) is 14.6 Å². The van der Waals surface area contributed by atoms with Crippen molar-refractivity contribution in [2.75, 3.05) is 0 Å². The summed E-state index contributed by atoms with van der Waals surface area (Å²) in [5.74, 6) is 0.875. The lowest BCUT2D eigenvalue weighted by molar-refractivity contribution is 1.07. The van der Waals surface area contributed by atoms with Gasteiger partial charge in [-0.25, -0.2) is 0 Å². The van der Waals surface area contributed by atoms with Crippen molar-refractivity contribution in [1.29, 1.82) is 0 Å². The summed E-state index contributed by atoms with van der Waals surface area (Å²) < 4.78 is 1.99. The molecule has 1 aromatic carbocycles. The van der Waals surface area contributed by atoms with E-state index in [0.29, 0.717) is 6.54 Å². The van der Waals surface area contributed by atoms with E-state index in [1.807, 2.05) is 40.2 Å². The molecule has 4 nitrogen and oxygen atoms in total. The van der Waals surface area contributed by atoms with E-state index in [1.165, 1.54) is 0 Å². The van der Waals surface area contributed by atoms with E-state index >= 15 is 0 Å². The highest BCUT2D eigenvalue weighted by molar-refractivity contribution is 7.15. The van der Waals surface area contributed by atoms with E-state index in [0.717, 1.165) is 21.9 Å². The average molecular weight is 230 g/mol. The van der Waals surface area contributed by atoms with Crippen molar-refractivity contribution < 1.29 is 0 Å². The average Bonchev–Trinajstić information content (AvgIpc) is 2.91. The lowest BCUT2D eigenvalue weighted by Crippen LogP contribution is -1.95. The third-order valence-corrected chi connectivity index (χ3v) is 3.24. The second-order valence-corrected chi connectivity index (χ2v) is 4.35. The zero-order chi connectivity index (χ0) is 11.0. The number of fused-ring (bicyclic) bond motifs is 1. The van der Waals surface area contributed by atoms with Gasteiger partial charge in [0, 0.05) is 23.7 Å². The molecule has 3 aromatic rings. The van der Waals surface area contributed by atoms with Crippen LogP contribution < -0.4 is 5.73 Å². The van der Waals surface area contributed by atoms with E-state index in [1.54, 1.807) is 11.3 Å². The maximum absolute atomic E-state index is 5.56. The number of hydrogen-bond donors (Lipinski definition) is 1. The topological polar surface area (TPSA) is 56.2 Å². The van der Waals surface area contributed by atoms with Crippen molar-refractivity contribution in [3.8, 4) is 11.4 Å². The summed E-state index contributed by atoms with van der Waals surface area (Å²) in [6.45, 7) is 0.563. The summed E-state index contributed by atoms with van der Waals surface area (Å²) >= 11 is 1.58. The zero-order valence-electron chi connectivity index (χ0n) is 8.50. The fourth-order valence-corrected chi connectivity index (χ4v) is 2.28. The predicted octanol–water partition coefficient (Wildman–Crippen LogP) is 1.92. The van der Waals surface area contributed by atoms with Gasteiger partial charge < -0.3 is 5.73 Å². The van der Waals surface area contributed by atoms with Gasteiger partial charge in [-0.15, -0.1) is 21.5 Å². The van der Waals surface area contributed by atoms with E-state index in [4.69, 9.17) is 5.73 Å². The van der Waals surface area contributed by atoms with Gasteiger partial charge in [-0.3, -0.25) is 4.40 Å². The summed E-state index contributed by atoms with van der Waals surface area (Å²) in [5.41, 5.74) is 7.74. The first-order valence-electron chi connectivity index (χ1n) is 4.96. The van der Waals surface area contributed by atoms with Gasteiger partial charge in [-0.2, -0.15) is 0 Å². The van der Waals surface area contributed by atoms with Gasteiger partial charge in [0.05, 0.1) is 0 Å². The number of hydrogen-bond acceptors (Lipinski definition) is 4. The zero-order valence-corrected chi connectivity index (χ0v) is 9.31. The van der Waals surface area contributed by atoms with Gasteiger partial charge >= 0.3 is 0 Å². The number of nitrogens with zero attached hydrogens (tertiary/aromatic N) is 3. The Bertz CT molecular complexity index is 608. The first-order chi connectivity index (χ1) is 7.88. The monoisotopic (exact) mass is 230 g/mol. The SMILES string of the molecule is NCc1ccc(-c2nnc3sccn23)cc1. The first-order valence-corrected chi connectivity index (χ1v) is 5.84. The third-order valence-electron chi connectivity index (χ3n) is 2.50. The first kappa shape index (κ1) is 9.50.